The molecule has 2 heterocycles. The molecule has 3 rings (SSSR count). The van der Waals surface area contributed by atoms with Crippen molar-refractivity contribution in [3.8, 4) is 0 Å². The van der Waals surface area contributed by atoms with Crippen molar-refractivity contribution in [1.82, 2.24) is 20.4 Å². The summed E-state index contributed by atoms with van der Waals surface area (Å²) < 4.78 is 5.38. The fourth-order valence-electron chi connectivity index (χ4n) is 4.12. The average Bonchev–Trinajstić information content (AvgIpc) is 2.82. The number of β-amino-alcohol motifs (C(OH)–C–C–N with tert-alkyl or cyclic N) is 1. The predicted octanol–water partition coefficient (Wildman–Crippen LogP) is 2.07. The molecule has 1 amide bonds. The van der Waals surface area contributed by atoms with Gasteiger partial charge in [-0.25, -0.2) is 4.99 Å². The second kappa shape index (κ2) is 14.1. The highest BCUT2D eigenvalue weighted by molar-refractivity contribution is 14.0. The van der Waals surface area contributed by atoms with Crippen LogP contribution < -0.4 is 10.6 Å². The second-order valence-corrected chi connectivity index (χ2v) is 8.98. The number of likely N-dealkylation sites (tertiary alicyclic amines) is 1. The number of guanidine groups is 1. The Morgan fingerprint density at radius 2 is 1.76 bits per heavy atom. The van der Waals surface area contributed by atoms with Crippen LogP contribution in [-0.4, -0.2) is 91.4 Å². The molecule has 0 spiro atoms. The summed E-state index contributed by atoms with van der Waals surface area (Å²) in [4.78, 5) is 21.5. The van der Waals surface area contributed by atoms with E-state index in [2.05, 4.69) is 20.5 Å². The molecule has 2 saturated heterocycles. The van der Waals surface area contributed by atoms with E-state index in [9.17, 15) is 9.90 Å². The van der Waals surface area contributed by atoms with Gasteiger partial charge in [0.2, 0.25) is 0 Å². The lowest BCUT2D eigenvalue weighted by atomic mass is 10.1. The number of carbonyl (C=O) groups is 1. The Morgan fingerprint density at radius 1 is 1.09 bits per heavy atom. The Morgan fingerprint density at radius 3 is 2.39 bits per heavy atom. The van der Waals surface area contributed by atoms with E-state index in [4.69, 9.17) is 4.74 Å². The molecule has 1 aromatic rings. The maximum atomic E-state index is 12.6. The van der Waals surface area contributed by atoms with E-state index in [0.717, 1.165) is 69.9 Å². The number of amides is 1. The third-order valence-electron chi connectivity index (χ3n) is 5.91. The van der Waals surface area contributed by atoms with Crippen LogP contribution in [0.25, 0.3) is 0 Å². The van der Waals surface area contributed by atoms with E-state index >= 15 is 0 Å². The minimum absolute atomic E-state index is 0. The minimum atomic E-state index is -0.871. The van der Waals surface area contributed by atoms with E-state index in [1.165, 1.54) is 6.42 Å². The number of rotatable bonds is 8. The first-order valence-corrected chi connectivity index (χ1v) is 11.9. The van der Waals surface area contributed by atoms with Gasteiger partial charge in [0, 0.05) is 51.4 Å². The van der Waals surface area contributed by atoms with E-state index in [1.807, 2.05) is 43.0 Å². The van der Waals surface area contributed by atoms with Crippen LogP contribution in [0.2, 0.25) is 0 Å². The first-order chi connectivity index (χ1) is 15.5. The van der Waals surface area contributed by atoms with E-state index in [1.54, 1.807) is 0 Å². The van der Waals surface area contributed by atoms with Crippen molar-refractivity contribution in [1.29, 1.82) is 0 Å². The molecule has 1 unspecified atom stereocenters. The third kappa shape index (κ3) is 9.38. The third-order valence-corrected chi connectivity index (χ3v) is 5.91. The fraction of sp³-hybridized carbons (Fsp3) is 0.667. The Hall–Kier alpha value is -1.43. The SMILES string of the molecule is CCNC(=NCc1ccc(C(=O)N2CCCCC2)cc1)NCC(C)(O)CN1CCOCC1.I. The number of ether oxygens (including phenoxy) is 1. The molecule has 2 fully saturated rings. The summed E-state index contributed by atoms with van der Waals surface area (Å²) in [6, 6.07) is 7.74. The topological polar surface area (TPSA) is 89.4 Å². The first-order valence-electron chi connectivity index (χ1n) is 11.9. The maximum absolute atomic E-state index is 12.6. The average molecular weight is 574 g/mol. The highest BCUT2D eigenvalue weighted by Crippen LogP contribution is 2.14. The predicted molar refractivity (Wildman–Crippen MR) is 142 cm³/mol. The number of benzene rings is 1. The van der Waals surface area contributed by atoms with Gasteiger partial charge in [-0.05, 0) is 50.8 Å². The largest absolute Gasteiger partial charge is 0.387 e. The zero-order valence-electron chi connectivity index (χ0n) is 20.0. The molecule has 186 valence electrons. The van der Waals surface area contributed by atoms with Gasteiger partial charge in [0.1, 0.15) is 0 Å². The van der Waals surface area contributed by atoms with E-state index < -0.39 is 5.60 Å². The number of hydrogen-bond acceptors (Lipinski definition) is 5. The van der Waals surface area contributed by atoms with Crippen molar-refractivity contribution in [2.45, 2.75) is 45.3 Å². The minimum Gasteiger partial charge on any atom is -0.387 e. The Bertz CT molecular complexity index is 745. The number of piperidine rings is 1. The van der Waals surface area contributed by atoms with Gasteiger partial charge in [-0.2, -0.15) is 0 Å². The van der Waals surface area contributed by atoms with Crippen molar-refractivity contribution in [2.24, 2.45) is 4.99 Å². The molecular formula is C24H40IN5O3. The Kier molecular flexibility index (Phi) is 11.9. The van der Waals surface area contributed by atoms with Crippen molar-refractivity contribution in [3.05, 3.63) is 35.4 Å². The number of nitrogens with one attached hydrogen (secondary N) is 2. The van der Waals surface area contributed by atoms with Gasteiger partial charge >= 0.3 is 0 Å². The fourth-order valence-corrected chi connectivity index (χ4v) is 4.12. The van der Waals surface area contributed by atoms with Crippen LogP contribution in [0, 0.1) is 0 Å². The summed E-state index contributed by atoms with van der Waals surface area (Å²) in [5.74, 6) is 0.792. The molecule has 2 aliphatic heterocycles. The Balaban J connectivity index is 0.00000385. The van der Waals surface area contributed by atoms with Gasteiger partial charge in [-0.3, -0.25) is 9.69 Å². The quantitative estimate of drug-likeness (QED) is 0.251. The maximum Gasteiger partial charge on any atom is 0.253 e. The van der Waals surface area contributed by atoms with Crippen LogP contribution in [0.1, 0.15) is 49.0 Å². The number of carbonyl (C=O) groups excluding carboxylic acids is 1. The van der Waals surface area contributed by atoms with Crippen LogP contribution in [0.15, 0.2) is 29.3 Å². The van der Waals surface area contributed by atoms with Crippen LogP contribution in [0.4, 0.5) is 0 Å². The van der Waals surface area contributed by atoms with Crippen molar-refractivity contribution < 1.29 is 14.6 Å². The van der Waals surface area contributed by atoms with E-state index in [-0.39, 0.29) is 29.9 Å². The Labute approximate surface area is 215 Å². The lowest BCUT2D eigenvalue weighted by molar-refractivity contribution is -0.0201. The van der Waals surface area contributed by atoms with Gasteiger partial charge in [0.05, 0.1) is 25.4 Å². The standard InChI is InChI=1S/C24H39N5O3.HI/c1-3-25-23(27-18-24(2,31)19-28-13-15-32-16-14-28)26-17-20-7-9-21(10-8-20)22(30)29-11-5-4-6-12-29;/h7-10,31H,3-6,11-19H2,1-2H3,(H2,25,26,27);1H. The molecule has 3 N–H and O–H groups in total. The summed E-state index contributed by atoms with van der Waals surface area (Å²) in [7, 11) is 0. The summed E-state index contributed by atoms with van der Waals surface area (Å²) >= 11 is 0. The second-order valence-electron chi connectivity index (χ2n) is 8.98. The number of aliphatic imine (C=N–C) groups is 1. The number of halogens is 1. The normalized spacial score (nSPS) is 19.4. The van der Waals surface area contributed by atoms with Crippen LogP contribution in [0.3, 0.4) is 0 Å². The summed E-state index contributed by atoms with van der Waals surface area (Å²) in [5.41, 5.74) is 0.908. The lowest BCUT2D eigenvalue weighted by Gasteiger charge is -2.34. The molecule has 0 bridgehead atoms. The van der Waals surface area contributed by atoms with Gasteiger partial charge < -0.3 is 25.4 Å². The molecular weight excluding hydrogens is 533 g/mol. The zero-order valence-corrected chi connectivity index (χ0v) is 22.3. The first kappa shape index (κ1) is 27.8. The number of morpholine rings is 1. The smallest absolute Gasteiger partial charge is 0.253 e. The molecule has 2 aliphatic rings. The van der Waals surface area contributed by atoms with Gasteiger partial charge in [0.25, 0.3) is 5.91 Å². The monoisotopic (exact) mass is 573 g/mol. The lowest BCUT2D eigenvalue weighted by Crippen LogP contribution is -2.52. The van der Waals surface area contributed by atoms with Crippen LogP contribution in [-0.2, 0) is 11.3 Å². The van der Waals surface area contributed by atoms with Crippen molar-refractivity contribution >= 4 is 35.8 Å². The summed E-state index contributed by atoms with van der Waals surface area (Å²) in [5, 5.41) is 17.3. The number of aliphatic hydroxyl groups is 1. The molecule has 9 heteroatoms. The van der Waals surface area contributed by atoms with Crippen LogP contribution >= 0.6 is 24.0 Å². The molecule has 0 aromatic heterocycles. The number of nitrogens with zero attached hydrogens (tertiary/aromatic N) is 3. The van der Waals surface area contributed by atoms with E-state index in [0.29, 0.717) is 25.6 Å². The molecule has 8 nitrogen and oxygen atoms in total. The molecule has 1 atom stereocenters. The molecule has 0 aliphatic carbocycles. The van der Waals surface area contributed by atoms with Crippen molar-refractivity contribution in [2.75, 3.05) is 59.0 Å². The highest BCUT2D eigenvalue weighted by atomic mass is 127. The van der Waals surface area contributed by atoms with Gasteiger partial charge in [-0.1, -0.05) is 12.1 Å². The number of hydrogen-bond donors (Lipinski definition) is 3. The molecule has 33 heavy (non-hydrogen) atoms. The molecule has 0 radical (unpaired) electrons. The summed E-state index contributed by atoms with van der Waals surface area (Å²) in [6.45, 7) is 10.9. The highest BCUT2D eigenvalue weighted by Gasteiger charge is 2.25. The zero-order chi connectivity index (χ0) is 22.8. The molecule has 1 aromatic carbocycles. The summed E-state index contributed by atoms with van der Waals surface area (Å²) in [6.07, 6.45) is 3.40. The molecule has 0 saturated carbocycles. The van der Waals surface area contributed by atoms with Crippen LogP contribution in [0.5, 0.6) is 0 Å². The van der Waals surface area contributed by atoms with Crippen molar-refractivity contribution in [3.63, 3.8) is 0 Å². The van der Waals surface area contributed by atoms with Gasteiger partial charge in [0.15, 0.2) is 5.96 Å². The van der Waals surface area contributed by atoms with Gasteiger partial charge in [-0.15, -0.1) is 24.0 Å².